The highest BCUT2D eigenvalue weighted by Crippen LogP contribution is 2.65. The SMILES string of the molecule is C1=CC2c3cc(N(c4ccccc4)c4cccc5c4-c4ccccc4C54c5ccccc5-c5ccccc54)c4ccccc4c3OC2C(c2ccccc2)=C1. The molecule has 1 heterocycles. The van der Waals surface area contributed by atoms with Gasteiger partial charge in [-0.15, -0.1) is 0 Å². The maximum absolute atomic E-state index is 7.05. The molecule has 2 heteroatoms. The molecule has 55 heavy (non-hydrogen) atoms. The van der Waals surface area contributed by atoms with Crippen molar-refractivity contribution >= 4 is 33.4 Å². The molecule has 0 N–H and O–H groups in total. The van der Waals surface area contributed by atoms with Gasteiger partial charge in [-0.3, -0.25) is 0 Å². The van der Waals surface area contributed by atoms with Crippen molar-refractivity contribution in [3.05, 3.63) is 234 Å². The molecular formula is C53H35NO. The van der Waals surface area contributed by atoms with Crippen LogP contribution in [0.4, 0.5) is 17.1 Å². The Bertz CT molecular complexity index is 2880. The molecule has 0 radical (unpaired) electrons. The van der Waals surface area contributed by atoms with E-state index in [4.69, 9.17) is 4.74 Å². The van der Waals surface area contributed by atoms with Gasteiger partial charge >= 0.3 is 0 Å². The maximum atomic E-state index is 7.05. The van der Waals surface area contributed by atoms with Crippen LogP contribution >= 0.6 is 0 Å². The Hall–Kier alpha value is -6.90. The molecule has 0 fully saturated rings. The second-order valence-corrected chi connectivity index (χ2v) is 15.1. The number of hydrogen-bond acceptors (Lipinski definition) is 2. The van der Waals surface area contributed by atoms with Crippen molar-refractivity contribution in [2.45, 2.75) is 17.4 Å². The molecule has 3 aliphatic carbocycles. The molecule has 0 saturated heterocycles. The molecule has 0 amide bonds. The fourth-order valence-corrected chi connectivity index (χ4v) is 10.3. The summed E-state index contributed by atoms with van der Waals surface area (Å²) in [6.07, 6.45) is 6.66. The van der Waals surface area contributed by atoms with Crippen LogP contribution in [0.3, 0.4) is 0 Å². The van der Waals surface area contributed by atoms with Gasteiger partial charge in [0.05, 0.1) is 16.8 Å². The molecular weight excluding hydrogens is 667 g/mol. The monoisotopic (exact) mass is 701 g/mol. The topological polar surface area (TPSA) is 12.5 Å². The summed E-state index contributed by atoms with van der Waals surface area (Å²) in [6.45, 7) is 0. The summed E-state index contributed by atoms with van der Waals surface area (Å²) in [5.41, 5.74) is 17.2. The molecule has 8 aromatic rings. The van der Waals surface area contributed by atoms with Gasteiger partial charge in [0, 0.05) is 39.1 Å². The van der Waals surface area contributed by atoms with Gasteiger partial charge in [-0.2, -0.15) is 0 Å². The van der Waals surface area contributed by atoms with Gasteiger partial charge < -0.3 is 9.64 Å². The molecule has 2 atom stereocenters. The van der Waals surface area contributed by atoms with E-state index >= 15 is 0 Å². The van der Waals surface area contributed by atoms with Crippen LogP contribution in [0.15, 0.2) is 200 Å². The first-order valence-electron chi connectivity index (χ1n) is 19.3. The van der Waals surface area contributed by atoms with Gasteiger partial charge in [-0.25, -0.2) is 0 Å². The van der Waals surface area contributed by atoms with Crippen LogP contribution in [0.2, 0.25) is 0 Å². The first-order valence-corrected chi connectivity index (χ1v) is 19.3. The van der Waals surface area contributed by atoms with E-state index in [1.807, 2.05) is 0 Å². The lowest BCUT2D eigenvalue weighted by Crippen LogP contribution is -2.26. The highest BCUT2D eigenvalue weighted by atomic mass is 16.5. The Morgan fingerprint density at radius 1 is 0.491 bits per heavy atom. The zero-order valence-electron chi connectivity index (χ0n) is 30.1. The van der Waals surface area contributed by atoms with Crippen molar-refractivity contribution in [2.24, 2.45) is 0 Å². The maximum Gasteiger partial charge on any atom is 0.135 e. The normalized spacial score (nSPS) is 17.4. The van der Waals surface area contributed by atoms with Crippen molar-refractivity contribution < 1.29 is 4.74 Å². The van der Waals surface area contributed by atoms with E-state index in [2.05, 4.69) is 205 Å². The third-order valence-electron chi connectivity index (χ3n) is 12.4. The first-order chi connectivity index (χ1) is 27.3. The van der Waals surface area contributed by atoms with Crippen molar-refractivity contribution in [1.29, 1.82) is 0 Å². The molecule has 0 bridgehead atoms. The van der Waals surface area contributed by atoms with Gasteiger partial charge in [0.2, 0.25) is 0 Å². The van der Waals surface area contributed by atoms with Gasteiger partial charge in [0.25, 0.3) is 0 Å². The summed E-state index contributed by atoms with van der Waals surface area (Å²) < 4.78 is 7.05. The number of rotatable bonds is 4. The molecule has 0 saturated carbocycles. The minimum Gasteiger partial charge on any atom is -0.484 e. The molecule has 8 aromatic carbocycles. The third-order valence-corrected chi connectivity index (χ3v) is 12.4. The molecule has 1 spiro atoms. The average Bonchev–Trinajstić information content (AvgIpc) is 3.89. The lowest BCUT2D eigenvalue weighted by atomic mass is 9.70. The standard InChI is InChI=1S/C53H35NO/c1-3-17-34(18-4-1)36-26-15-27-41-43-33-49(39-23-7-8-24-40(39)52(43)55-51(36)41)54(35-19-5-2-6-20-35)48-32-16-31-47-50(48)42-25-11-14-30-46(42)53(47)44-28-12-9-21-37(44)38-22-10-13-29-45(38)53/h1-33,41,51H. The summed E-state index contributed by atoms with van der Waals surface area (Å²) >= 11 is 0. The lowest BCUT2D eigenvalue weighted by Gasteiger charge is -2.32. The molecule has 2 unspecified atom stereocenters. The van der Waals surface area contributed by atoms with Crippen LogP contribution in [-0.2, 0) is 5.41 Å². The smallest absolute Gasteiger partial charge is 0.135 e. The van der Waals surface area contributed by atoms with Gasteiger partial charge in [-0.1, -0.05) is 176 Å². The Morgan fingerprint density at radius 2 is 1.07 bits per heavy atom. The number of allylic oxidation sites excluding steroid dienone is 2. The second-order valence-electron chi connectivity index (χ2n) is 15.1. The number of hydrogen-bond donors (Lipinski definition) is 0. The number of para-hydroxylation sites is 1. The molecule has 1 aliphatic heterocycles. The molecule has 0 aromatic heterocycles. The Morgan fingerprint density at radius 3 is 1.80 bits per heavy atom. The van der Waals surface area contributed by atoms with Gasteiger partial charge in [-0.05, 0) is 68.8 Å². The molecule has 258 valence electrons. The van der Waals surface area contributed by atoms with Crippen LogP contribution in [-0.4, -0.2) is 6.10 Å². The molecule has 4 aliphatic rings. The predicted molar refractivity (Wildman–Crippen MR) is 226 cm³/mol. The van der Waals surface area contributed by atoms with Crippen molar-refractivity contribution in [1.82, 2.24) is 0 Å². The number of benzene rings is 8. The van der Waals surface area contributed by atoms with E-state index in [-0.39, 0.29) is 12.0 Å². The van der Waals surface area contributed by atoms with Gasteiger partial charge in [0.15, 0.2) is 0 Å². The Balaban J connectivity index is 1.13. The largest absolute Gasteiger partial charge is 0.484 e. The number of ether oxygens (including phenoxy) is 1. The van der Waals surface area contributed by atoms with E-state index in [0.717, 1.165) is 27.9 Å². The Labute approximate surface area is 320 Å². The van der Waals surface area contributed by atoms with Crippen molar-refractivity contribution in [3.63, 3.8) is 0 Å². The van der Waals surface area contributed by atoms with E-state index in [9.17, 15) is 0 Å². The van der Waals surface area contributed by atoms with Crippen molar-refractivity contribution in [3.8, 4) is 28.0 Å². The lowest BCUT2D eigenvalue weighted by molar-refractivity contribution is 0.281. The highest BCUT2D eigenvalue weighted by Gasteiger charge is 2.52. The number of nitrogens with zero attached hydrogens (tertiary/aromatic N) is 1. The highest BCUT2D eigenvalue weighted by molar-refractivity contribution is 6.07. The summed E-state index contributed by atoms with van der Waals surface area (Å²) in [4.78, 5) is 2.51. The summed E-state index contributed by atoms with van der Waals surface area (Å²) in [5.74, 6) is 1.07. The number of fused-ring (bicyclic) bond motifs is 15. The van der Waals surface area contributed by atoms with Crippen LogP contribution in [0.25, 0.3) is 38.6 Å². The van der Waals surface area contributed by atoms with E-state index in [0.29, 0.717) is 0 Å². The minimum atomic E-state index is -0.425. The fourth-order valence-electron chi connectivity index (χ4n) is 10.3. The van der Waals surface area contributed by atoms with Gasteiger partial charge in [0.1, 0.15) is 11.9 Å². The van der Waals surface area contributed by atoms with E-state index in [1.54, 1.807) is 0 Å². The fraction of sp³-hybridized carbons (Fsp3) is 0.0566. The van der Waals surface area contributed by atoms with Crippen molar-refractivity contribution in [2.75, 3.05) is 4.90 Å². The Kier molecular flexibility index (Phi) is 6.41. The van der Waals surface area contributed by atoms with Crippen LogP contribution in [0, 0.1) is 0 Å². The second kappa shape index (κ2) is 11.5. The van der Waals surface area contributed by atoms with Crippen LogP contribution in [0.5, 0.6) is 5.75 Å². The zero-order chi connectivity index (χ0) is 36.1. The molecule has 12 rings (SSSR count). The van der Waals surface area contributed by atoms with E-state index in [1.165, 1.54) is 66.9 Å². The zero-order valence-corrected chi connectivity index (χ0v) is 30.1. The van der Waals surface area contributed by atoms with Crippen LogP contribution < -0.4 is 9.64 Å². The minimum absolute atomic E-state index is 0.0909. The summed E-state index contributed by atoms with van der Waals surface area (Å²) in [6, 6.07) is 67.0. The third kappa shape index (κ3) is 4.09. The quantitative estimate of drug-likeness (QED) is 0.181. The first kappa shape index (κ1) is 30.6. The predicted octanol–water partition coefficient (Wildman–Crippen LogP) is 13.2. The number of anilines is 3. The van der Waals surface area contributed by atoms with Crippen LogP contribution in [0.1, 0.15) is 39.3 Å². The summed E-state index contributed by atoms with van der Waals surface area (Å²) in [7, 11) is 0. The summed E-state index contributed by atoms with van der Waals surface area (Å²) in [5, 5.41) is 2.29. The average molecular weight is 702 g/mol. The molecule has 2 nitrogen and oxygen atoms in total. The van der Waals surface area contributed by atoms with E-state index < -0.39 is 5.41 Å².